The van der Waals surface area contributed by atoms with E-state index in [1.807, 2.05) is 30.3 Å². The summed E-state index contributed by atoms with van der Waals surface area (Å²) in [6.45, 7) is 1.72. The molecular formula is C27H26ClN7O7S. The molecule has 4 rings (SSSR count). The summed E-state index contributed by atoms with van der Waals surface area (Å²) in [4.78, 5) is 32.4. The van der Waals surface area contributed by atoms with Crippen LogP contribution in [0.1, 0.15) is 21.6 Å². The van der Waals surface area contributed by atoms with E-state index >= 15 is 0 Å². The third kappa shape index (κ3) is 8.15. The second-order valence-electron chi connectivity index (χ2n) is 8.87. The van der Waals surface area contributed by atoms with Crippen molar-refractivity contribution in [3.63, 3.8) is 0 Å². The summed E-state index contributed by atoms with van der Waals surface area (Å²) in [5.74, 6) is -1.35. The topological polar surface area (TPSA) is 189 Å². The van der Waals surface area contributed by atoms with Gasteiger partial charge in [0.25, 0.3) is 15.7 Å². The maximum absolute atomic E-state index is 13.2. The first-order valence-electron chi connectivity index (χ1n) is 12.2. The molecular weight excluding hydrogens is 602 g/mol. The second-order valence-corrected chi connectivity index (χ2v) is 10.9. The summed E-state index contributed by atoms with van der Waals surface area (Å²) in [7, 11) is -1.12. The van der Waals surface area contributed by atoms with Crippen LogP contribution in [0.4, 0.5) is 17.1 Å². The standard InChI is InChI=1S/C24H19ClN6O6S.C3H7NO/c1-15-19(23(25)30(28-15)16-7-3-2-4-8-16)14-26-27-21-12-11-17(31(34)35)13-22(21)38(36,37)29-20-10-6-5-9-18(20)24(32)33;1-4(2)3-5/h2-14,27,29H,1H3,(H,32,33);3H,1-2H3. The number of aromatic nitrogens is 2. The van der Waals surface area contributed by atoms with Gasteiger partial charge in [-0.25, -0.2) is 17.9 Å². The van der Waals surface area contributed by atoms with Crippen molar-refractivity contribution in [2.24, 2.45) is 5.10 Å². The van der Waals surface area contributed by atoms with Crippen molar-refractivity contribution in [1.29, 1.82) is 0 Å². The number of rotatable bonds is 10. The van der Waals surface area contributed by atoms with Crippen molar-refractivity contribution in [2.45, 2.75) is 11.8 Å². The molecule has 0 aliphatic heterocycles. The molecule has 0 atom stereocenters. The molecule has 1 amide bonds. The number of aromatic carboxylic acids is 1. The Morgan fingerprint density at radius 2 is 1.72 bits per heavy atom. The summed E-state index contributed by atoms with van der Waals surface area (Å²) >= 11 is 6.49. The number of nitro benzene ring substituents is 1. The van der Waals surface area contributed by atoms with Crippen molar-refractivity contribution in [1.82, 2.24) is 14.7 Å². The number of anilines is 2. The average Bonchev–Trinajstić information content (AvgIpc) is 3.26. The average molecular weight is 628 g/mol. The van der Waals surface area contributed by atoms with Crippen LogP contribution in [0.3, 0.4) is 0 Å². The number of hydrazone groups is 1. The van der Waals surface area contributed by atoms with Gasteiger partial charge in [-0.15, -0.1) is 0 Å². The number of benzene rings is 3. The summed E-state index contributed by atoms with van der Waals surface area (Å²) in [6, 6.07) is 17.6. The number of amides is 1. The maximum atomic E-state index is 13.2. The zero-order valence-electron chi connectivity index (χ0n) is 23.0. The highest BCUT2D eigenvalue weighted by Crippen LogP contribution is 2.29. The van der Waals surface area contributed by atoms with Gasteiger partial charge in [0, 0.05) is 26.2 Å². The fourth-order valence-electron chi connectivity index (χ4n) is 3.46. The minimum atomic E-state index is -4.50. The fraction of sp³-hybridized carbons (Fsp3) is 0.111. The van der Waals surface area contributed by atoms with E-state index in [4.69, 9.17) is 11.6 Å². The van der Waals surface area contributed by atoms with E-state index in [0.29, 0.717) is 11.3 Å². The SMILES string of the molecule is CN(C)C=O.Cc1nn(-c2ccccc2)c(Cl)c1C=NNc1ccc([N+](=O)[O-])cc1S(=O)(=O)Nc1ccccc1C(=O)O. The van der Waals surface area contributed by atoms with Crippen LogP contribution in [0.25, 0.3) is 5.69 Å². The number of nitrogens with one attached hydrogen (secondary N) is 2. The second kappa shape index (κ2) is 14.1. The zero-order valence-corrected chi connectivity index (χ0v) is 24.6. The Morgan fingerprint density at radius 3 is 2.33 bits per heavy atom. The number of para-hydroxylation sites is 2. The number of hydrogen-bond donors (Lipinski definition) is 3. The van der Waals surface area contributed by atoms with Crippen LogP contribution in [0.5, 0.6) is 0 Å². The molecule has 0 saturated heterocycles. The Bertz CT molecular complexity index is 1780. The van der Waals surface area contributed by atoms with Gasteiger partial charge in [0.2, 0.25) is 6.41 Å². The highest BCUT2D eigenvalue weighted by atomic mass is 35.5. The van der Waals surface area contributed by atoms with Gasteiger partial charge >= 0.3 is 5.97 Å². The summed E-state index contributed by atoms with van der Waals surface area (Å²) in [5, 5.41) is 29.4. The van der Waals surface area contributed by atoms with Crippen molar-refractivity contribution < 1.29 is 28.0 Å². The van der Waals surface area contributed by atoms with Gasteiger partial charge in [0.15, 0.2) is 0 Å². The zero-order chi connectivity index (χ0) is 31.7. The van der Waals surface area contributed by atoms with Crippen LogP contribution in [0, 0.1) is 17.0 Å². The molecule has 0 fully saturated rings. The molecule has 0 bridgehead atoms. The van der Waals surface area contributed by atoms with Crippen molar-refractivity contribution in [2.75, 3.05) is 24.2 Å². The molecule has 0 saturated carbocycles. The smallest absolute Gasteiger partial charge is 0.337 e. The van der Waals surface area contributed by atoms with E-state index < -0.39 is 31.5 Å². The first-order valence-corrected chi connectivity index (χ1v) is 14.1. The number of aryl methyl sites for hydroxylation is 1. The van der Waals surface area contributed by atoms with Crippen LogP contribution < -0.4 is 10.1 Å². The predicted molar refractivity (Wildman–Crippen MR) is 162 cm³/mol. The first-order chi connectivity index (χ1) is 20.4. The normalized spacial score (nSPS) is 10.9. The van der Waals surface area contributed by atoms with Gasteiger partial charge in [0.05, 0.1) is 45.0 Å². The number of hydrogen-bond acceptors (Lipinski definition) is 9. The number of non-ortho nitro benzene ring substituents is 1. The van der Waals surface area contributed by atoms with Crippen molar-refractivity contribution >= 4 is 57.3 Å². The van der Waals surface area contributed by atoms with Crippen LogP contribution >= 0.6 is 11.6 Å². The van der Waals surface area contributed by atoms with Crippen LogP contribution in [0.15, 0.2) is 82.8 Å². The fourth-order valence-corrected chi connectivity index (χ4v) is 5.04. The van der Waals surface area contributed by atoms with E-state index in [-0.39, 0.29) is 22.1 Å². The molecule has 0 spiro atoms. The van der Waals surface area contributed by atoms with Gasteiger partial charge in [-0.05, 0) is 37.3 Å². The molecule has 0 radical (unpaired) electrons. The molecule has 1 aromatic heterocycles. The lowest BCUT2D eigenvalue weighted by Gasteiger charge is -2.13. The monoisotopic (exact) mass is 627 g/mol. The highest BCUT2D eigenvalue weighted by Gasteiger charge is 2.24. The molecule has 3 N–H and O–H groups in total. The van der Waals surface area contributed by atoms with Gasteiger partial charge in [-0.2, -0.15) is 10.2 Å². The number of carbonyl (C=O) groups excluding carboxylic acids is 1. The Hall–Kier alpha value is -5.28. The lowest BCUT2D eigenvalue weighted by atomic mass is 10.2. The Labute approximate surface area is 251 Å². The Kier molecular flexibility index (Phi) is 10.5. The molecule has 4 aromatic rings. The molecule has 224 valence electrons. The van der Waals surface area contributed by atoms with E-state index in [1.165, 1.54) is 46.1 Å². The third-order valence-electron chi connectivity index (χ3n) is 5.51. The van der Waals surface area contributed by atoms with Crippen LogP contribution in [-0.4, -0.2) is 65.8 Å². The molecule has 0 aliphatic rings. The number of nitro groups is 1. The number of carbonyl (C=O) groups is 2. The summed E-state index contributed by atoms with van der Waals surface area (Å²) in [5.41, 5.74) is 3.21. The van der Waals surface area contributed by atoms with Crippen LogP contribution in [-0.2, 0) is 14.8 Å². The molecule has 1 heterocycles. The number of carboxylic acids is 1. The minimum Gasteiger partial charge on any atom is -0.478 e. The van der Waals surface area contributed by atoms with Gasteiger partial charge in [-0.3, -0.25) is 25.1 Å². The number of sulfonamides is 1. The van der Waals surface area contributed by atoms with E-state index in [1.54, 1.807) is 21.0 Å². The van der Waals surface area contributed by atoms with E-state index in [9.17, 15) is 33.2 Å². The number of carboxylic acid groups (broad SMARTS) is 1. The lowest BCUT2D eigenvalue weighted by molar-refractivity contribution is -0.385. The first kappa shape index (κ1) is 32.2. The van der Waals surface area contributed by atoms with E-state index in [2.05, 4.69) is 20.3 Å². The number of halogens is 1. The van der Waals surface area contributed by atoms with Gasteiger partial charge < -0.3 is 10.0 Å². The minimum absolute atomic E-state index is 0.101. The highest BCUT2D eigenvalue weighted by molar-refractivity contribution is 7.93. The summed E-state index contributed by atoms with van der Waals surface area (Å²) in [6.07, 6.45) is 2.09. The largest absolute Gasteiger partial charge is 0.478 e. The van der Waals surface area contributed by atoms with Crippen LogP contribution in [0.2, 0.25) is 5.15 Å². The van der Waals surface area contributed by atoms with Crippen molar-refractivity contribution in [3.8, 4) is 5.69 Å². The Balaban J connectivity index is 0.000000934. The molecule has 43 heavy (non-hydrogen) atoms. The van der Waals surface area contributed by atoms with Crippen molar-refractivity contribution in [3.05, 3.63) is 105 Å². The molecule has 16 heteroatoms. The van der Waals surface area contributed by atoms with Gasteiger partial charge in [0.1, 0.15) is 10.0 Å². The van der Waals surface area contributed by atoms with E-state index in [0.717, 1.165) is 24.2 Å². The molecule has 3 aromatic carbocycles. The lowest BCUT2D eigenvalue weighted by Crippen LogP contribution is -2.17. The number of nitrogens with zero attached hydrogens (tertiary/aromatic N) is 5. The van der Waals surface area contributed by atoms with Gasteiger partial charge in [-0.1, -0.05) is 41.9 Å². The predicted octanol–water partition coefficient (Wildman–Crippen LogP) is 4.39. The quantitative estimate of drug-likeness (QED) is 0.0990. The third-order valence-corrected chi connectivity index (χ3v) is 7.27. The molecule has 0 unspecified atom stereocenters. The maximum Gasteiger partial charge on any atom is 0.337 e. The Morgan fingerprint density at radius 1 is 1.09 bits per heavy atom. The molecule has 14 nitrogen and oxygen atoms in total. The summed E-state index contributed by atoms with van der Waals surface area (Å²) < 4.78 is 30.1. The molecule has 0 aliphatic carbocycles.